The third kappa shape index (κ3) is 4.66. The number of halogens is 1. The second-order valence-electron chi connectivity index (χ2n) is 9.23. The van der Waals surface area contributed by atoms with E-state index in [1.165, 1.54) is 6.07 Å². The van der Waals surface area contributed by atoms with Crippen LogP contribution in [0.3, 0.4) is 0 Å². The fourth-order valence-electron chi connectivity index (χ4n) is 5.14. The van der Waals surface area contributed by atoms with E-state index in [1.54, 1.807) is 36.4 Å². The maximum Gasteiger partial charge on any atom is 0.229 e. The van der Waals surface area contributed by atoms with Crippen LogP contribution < -0.4 is 0 Å². The lowest BCUT2D eigenvalue weighted by molar-refractivity contribution is -0.149. The number of carbonyl (C=O) groups excluding carboxylic acids is 2. The summed E-state index contributed by atoms with van der Waals surface area (Å²) in [6.07, 6.45) is 6.86. The van der Waals surface area contributed by atoms with Gasteiger partial charge >= 0.3 is 0 Å². The van der Waals surface area contributed by atoms with Crippen molar-refractivity contribution in [3.05, 3.63) is 59.4 Å². The highest BCUT2D eigenvalue weighted by Crippen LogP contribution is 2.39. The number of likely N-dealkylation sites (tertiary alicyclic amines) is 2. The summed E-state index contributed by atoms with van der Waals surface area (Å²) in [5.74, 6) is -0.0228. The third-order valence-electron chi connectivity index (χ3n) is 7.01. The van der Waals surface area contributed by atoms with Crippen molar-refractivity contribution in [3.63, 3.8) is 0 Å². The summed E-state index contributed by atoms with van der Waals surface area (Å²) in [5.41, 5.74) is 1.67. The van der Waals surface area contributed by atoms with Gasteiger partial charge in [0.05, 0.1) is 16.8 Å². The fourth-order valence-corrected chi connectivity index (χ4v) is 5.14. The van der Waals surface area contributed by atoms with Crippen LogP contribution in [0.15, 0.2) is 36.7 Å². The highest BCUT2D eigenvalue weighted by atomic mass is 19.1. The second kappa shape index (κ2) is 9.35. The molecular weight excluding hydrogens is 407 g/mol. The normalized spacial score (nSPS) is 20.8. The van der Waals surface area contributed by atoms with Crippen molar-refractivity contribution in [2.45, 2.75) is 51.9 Å². The molecule has 0 spiro atoms. The van der Waals surface area contributed by atoms with Gasteiger partial charge in [-0.3, -0.25) is 19.6 Å². The summed E-state index contributed by atoms with van der Waals surface area (Å²) >= 11 is 0. The molecular formula is C25H31FN4O2. The summed E-state index contributed by atoms with van der Waals surface area (Å²) in [4.78, 5) is 38.5. The Kier molecular flexibility index (Phi) is 6.53. The van der Waals surface area contributed by atoms with Gasteiger partial charge in [-0.1, -0.05) is 18.2 Å². The minimum atomic E-state index is -0.700. The van der Waals surface area contributed by atoms with Crippen LogP contribution in [0.1, 0.15) is 55.5 Å². The molecule has 0 radical (unpaired) electrons. The summed E-state index contributed by atoms with van der Waals surface area (Å²) in [7, 11) is 0. The van der Waals surface area contributed by atoms with Crippen LogP contribution in [0.5, 0.6) is 0 Å². The zero-order valence-corrected chi connectivity index (χ0v) is 18.9. The molecule has 7 heteroatoms. The molecule has 3 heterocycles. The lowest BCUT2D eigenvalue weighted by atomic mass is 9.72. The van der Waals surface area contributed by atoms with E-state index in [0.29, 0.717) is 51.0 Å². The van der Waals surface area contributed by atoms with E-state index in [1.807, 2.05) is 17.9 Å². The number of aromatic nitrogens is 2. The lowest BCUT2D eigenvalue weighted by Crippen LogP contribution is -2.54. The number of rotatable bonds is 4. The van der Waals surface area contributed by atoms with Gasteiger partial charge in [-0.15, -0.1) is 0 Å². The molecule has 170 valence electrons. The largest absolute Gasteiger partial charge is 0.343 e. The molecule has 0 bridgehead atoms. The van der Waals surface area contributed by atoms with E-state index >= 15 is 0 Å². The van der Waals surface area contributed by atoms with Crippen molar-refractivity contribution < 1.29 is 14.0 Å². The standard InChI is InChI=1S/C25H31FN4O2/c1-18-15-27-16-23(28-18)21-7-5-11-30(17-21)24(32)25(9-12-29(13-10-25)19(2)31)14-20-6-3-4-8-22(20)26/h3-4,6,8,15-16,21H,5,7,9-14,17H2,1-2H3/t21-/m0/s1. The van der Waals surface area contributed by atoms with Gasteiger partial charge in [0.15, 0.2) is 0 Å². The molecule has 2 saturated heterocycles. The van der Waals surface area contributed by atoms with E-state index in [0.717, 1.165) is 24.2 Å². The molecule has 2 fully saturated rings. The van der Waals surface area contributed by atoms with Crippen molar-refractivity contribution in [2.24, 2.45) is 5.41 Å². The average molecular weight is 439 g/mol. The topological polar surface area (TPSA) is 66.4 Å². The molecule has 0 aliphatic carbocycles. The first-order valence-corrected chi connectivity index (χ1v) is 11.4. The molecule has 1 aromatic carbocycles. The average Bonchev–Trinajstić information content (AvgIpc) is 2.80. The Morgan fingerprint density at radius 2 is 1.88 bits per heavy atom. The number of aryl methyl sites for hydroxylation is 1. The quantitative estimate of drug-likeness (QED) is 0.733. The van der Waals surface area contributed by atoms with Gasteiger partial charge in [0.2, 0.25) is 11.8 Å². The van der Waals surface area contributed by atoms with E-state index in [4.69, 9.17) is 0 Å². The Labute approximate surface area is 188 Å². The predicted molar refractivity (Wildman–Crippen MR) is 119 cm³/mol. The van der Waals surface area contributed by atoms with Crippen LogP contribution in [-0.4, -0.2) is 57.8 Å². The maximum atomic E-state index is 14.5. The zero-order chi connectivity index (χ0) is 22.7. The number of benzene rings is 1. The SMILES string of the molecule is CC(=O)N1CCC(Cc2ccccc2F)(C(=O)N2CCC[C@H](c3cncc(C)n3)C2)CC1. The van der Waals surface area contributed by atoms with Crippen LogP contribution >= 0.6 is 0 Å². The highest BCUT2D eigenvalue weighted by molar-refractivity contribution is 5.84. The van der Waals surface area contributed by atoms with Gasteiger partial charge < -0.3 is 9.80 Å². The Bertz CT molecular complexity index is 987. The van der Waals surface area contributed by atoms with E-state index < -0.39 is 5.41 Å². The van der Waals surface area contributed by atoms with Crippen molar-refractivity contribution in [2.75, 3.05) is 26.2 Å². The lowest BCUT2D eigenvalue weighted by Gasteiger charge is -2.45. The van der Waals surface area contributed by atoms with Crippen LogP contribution in [0.25, 0.3) is 0 Å². The van der Waals surface area contributed by atoms with Crippen molar-refractivity contribution in [1.29, 1.82) is 0 Å². The molecule has 6 nitrogen and oxygen atoms in total. The summed E-state index contributed by atoms with van der Waals surface area (Å²) in [5, 5.41) is 0. The highest BCUT2D eigenvalue weighted by Gasteiger charge is 2.45. The molecule has 1 aromatic heterocycles. The van der Waals surface area contributed by atoms with Gasteiger partial charge in [0.25, 0.3) is 0 Å². The van der Waals surface area contributed by atoms with Gasteiger partial charge in [-0.25, -0.2) is 4.39 Å². The molecule has 2 aromatic rings. The van der Waals surface area contributed by atoms with Crippen molar-refractivity contribution >= 4 is 11.8 Å². The number of hydrogen-bond acceptors (Lipinski definition) is 4. The molecule has 1 atom stereocenters. The first-order valence-electron chi connectivity index (χ1n) is 11.4. The molecule has 2 amide bonds. The number of nitrogens with zero attached hydrogens (tertiary/aromatic N) is 4. The molecule has 0 saturated carbocycles. The fraction of sp³-hybridized carbons (Fsp3) is 0.520. The van der Waals surface area contributed by atoms with Gasteiger partial charge in [-0.05, 0) is 50.7 Å². The van der Waals surface area contributed by atoms with Crippen LogP contribution in [0.4, 0.5) is 4.39 Å². The van der Waals surface area contributed by atoms with Crippen molar-refractivity contribution in [1.82, 2.24) is 19.8 Å². The second-order valence-corrected chi connectivity index (χ2v) is 9.23. The Balaban J connectivity index is 1.58. The summed E-state index contributed by atoms with van der Waals surface area (Å²) in [6, 6.07) is 6.70. The molecule has 0 unspecified atom stereocenters. The van der Waals surface area contributed by atoms with Gasteiger partial charge in [0, 0.05) is 51.4 Å². The molecule has 4 rings (SSSR count). The minimum Gasteiger partial charge on any atom is -0.343 e. The Hall–Kier alpha value is -2.83. The number of amides is 2. The first kappa shape index (κ1) is 22.4. The van der Waals surface area contributed by atoms with Crippen molar-refractivity contribution in [3.8, 4) is 0 Å². The van der Waals surface area contributed by atoms with Gasteiger partial charge in [-0.2, -0.15) is 0 Å². The monoisotopic (exact) mass is 438 g/mol. The smallest absolute Gasteiger partial charge is 0.229 e. The molecule has 2 aliphatic rings. The Morgan fingerprint density at radius 1 is 1.12 bits per heavy atom. The molecule has 0 N–H and O–H groups in total. The Morgan fingerprint density at radius 3 is 2.56 bits per heavy atom. The summed E-state index contributed by atoms with van der Waals surface area (Å²) < 4.78 is 14.5. The molecule has 2 aliphatic heterocycles. The van der Waals surface area contributed by atoms with E-state index in [9.17, 15) is 14.0 Å². The third-order valence-corrected chi connectivity index (χ3v) is 7.01. The van der Waals surface area contributed by atoms with E-state index in [-0.39, 0.29) is 23.5 Å². The maximum absolute atomic E-state index is 14.5. The number of piperidine rings is 2. The predicted octanol–water partition coefficient (Wildman–Crippen LogP) is 3.50. The number of carbonyl (C=O) groups is 2. The van der Waals surface area contributed by atoms with Crippen LogP contribution in [0.2, 0.25) is 0 Å². The zero-order valence-electron chi connectivity index (χ0n) is 18.9. The molecule has 32 heavy (non-hydrogen) atoms. The van der Waals surface area contributed by atoms with E-state index in [2.05, 4.69) is 9.97 Å². The summed E-state index contributed by atoms with van der Waals surface area (Å²) in [6.45, 7) is 5.83. The van der Waals surface area contributed by atoms with Crippen LogP contribution in [0, 0.1) is 18.2 Å². The first-order chi connectivity index (χ1) is 15.4. The number of hydrogen-bond donors (Lipinski definition) is 0. The van der Waals surface area contributed by atoms with Gasteiger partial charge in [0.1, 0.15) is 5.82 Å². The minimum absolute atomic E-state index is 0.0213. The van der Waals surface area contributed by atoms with Crippen LogP contribution in [-0.2, 0) is 16.0 Å².